The molecule has 2 aromatic rings. The zero-order valence-corrected chi connectivity index (χ0v) is 12.5. The summed E-state index contributed by atoms with van der Waals surface area (Å²) in [6.07, 6.45) is 0. The fraction of sp³-hybridized carbons (Fsp3) is 0.200. The Kier molecular flexibility index (Phi) is 4.35. The van der Waals surface area contributed by atoms with E-state index < -0.39 is 0 Å². The highest BCUT2D eigenvalue weighted by Crippen LogP contribution is 2.35. The van der Waals surface area contributed by atoms with Gasteiger partial charge in [-0.15, -0.1) is 0 Å². The van der Waals surface area contributed by atoms with Gasteiger partial charge in [-0.05, 0) is 23.8 Å². The van der Waals surface area contributed by atoms with Crippen molar-refractivity contribution >= 4 is 28.9 Å². The Morgan fingerprint density at radius 1 is 1.00 bits per heavy atom. The Morgan fingerprint density at radius 2 is 1.63 bits per heavy atom. The van der Waals surface area contributed by atoms with Gasteiger partial charge in [-0.1, -0.05) is 41.4 Å². The second kappa shape index (κ2) is 5.83. The van der Waals surface area contributed by atoms with Crippen LogP contribution in [0.25, 0.3) is 11.1 Å². The van der Waals surface area contributed by atoms with E-state index in [9.17, 15) is 0 Å². The number of anilines is 1. The Bertz CT molecular complexity index is 577. The molecule has 0 saturated carbocycles. The van der Waals surface area contributed by atoms with Gasteiger partial charge in [-0.3, -0.25) is 0 Å². The summed E-state index contributed by atoms with van der Waals surface area (Å²) >= 11 is 12.5. The summed E-state index contributed by atoms with van der Waals surface area (Å²) in [5.41, 5.74) is 9.64. The molecule has 0 aliphatic carbocycles. The predicted molar refractivity (Wildman–Crippen MR) is 84.1 cm³/mol. The van der Waals surface area contributed by atoms with Crippen molar-refractivity contribution in [2.24, 2.45) is 5.73 Å². The number of halogens is 2. The van der Waals surface area contributed by atoms with Gasteiger partial charge in [0, 0.05) is 42.5 Å². The number of nitrogens with zero attached hydrogens (tertiary/aromatic N) is 1. The molecule has 0 saturated heterocycles. The van der Waals surface area contributed by atoms with Gasteiger partial charge in [-0.25, -0.2) is 0 Å². The van der Waals surface area contributed by atoms with Crippen molar-refractivity contribution in [2.75, 3.05) is 19.0 Å². The topological polar surface area (TPSA) is 29.3 Å². The van der Waals surface area contributed by atoms with Crippen molar-refractivity contribution < 1.29 is 0 Å². The first-order valence-corrected chi connectivity index (χ1v) is 6.75. The maximum atomic E-state index is 6.38. The highest BCUT2D eigenvalue weighted by atomic mass is 35.5. The van der Waals surface area contributed by atoms with Gasteiger partial charge in [0.1, 0.15) is 0 Å². The summed E-state index contributed by atoms with van der Waals surface area (Å²) in [6.45, 7) is 0.335. The molecular weight excluding hydrogens is 279 g/mol. The minimum atomic E-state index is 0.335. The molecule has 2 nitrogen and oxygen atoms in total. The molecule has 2 N–H and O–H groups in total. The van der Waals surface area contributed by atoms with Crippen molar-refractivity contribution in [3.05, 3.63) is 52.0 Å². The van der Waals surface area contributed by atoms with E-state index in [2.05, 4.69) is 17.0 Å². The molecule has 0 spiro atoms. The van der Waals surface area contributed by atoms with Gasteiger partial charge >= 0.3 is 0 Å². The highest BCUT2D eigenvalue weighted by molar-refractivity contribution is 6.37. The number of hydrogen-bond acceptors (Lipinski definition) is 2. The largest absolute Gasteiger partial charge is 0.378 e. The van der Waals surface area contributed by atoms with Crippen molar-refractivity contribution in [1.29, 1.82) is 0 Å². The van der Waals surface area contributed by atoms with Crippen LogP contribution >= 0.6 is 23.2 Å². The van der Waals surface area contributed by atoms with Crippen LogP contribution in [0.15, 0.2) is 36.4 Å². The number of nitrogens with two attached hydrogens (primary N) is 1. The zero-order chi connectivity index (χ0) is 14.0. The quantitative estimate of drug-likeness (QED) is 0.920. The molecule has 0 heterocycles. The first-order valence-electron chi connectivity index (χ1n) is 5.99. The second-order valence-electron chi connectivity index (χ2n) is 4.53. The molecule has 19 heavy (non-hydrogen) atoms. The first-order chi connectivity index (χ1) is 9.04. The third-order valence-electron chi connectivity index (χ3n) is 3.08. The lowest BCUT2D eigenvalue weighted by Crippen LogP contribution is -2.07. The minimum absolute atomic E-state index is 0.335. The van der Waals surface area contributed by atoms with Gasteiger partial charge in [0.2, 0.25) is 0 Å². The summed E-state index contributed by atoms with van der Waals surface area (Å²) < 4.78 is 0. The van der Waals surface area contributed by atoms with Crippen LogP contribution in [0.4, 0.5) is 5.69 Å². The first kappa shape index (κ1) is 14.2. The molecule has 2 aromatic carbocycles. The van der Waals surface area contributed by atoms with Crippen LogP contribution in [0.1, 0.15) is 5.56 Å². The molecule has 0 amide bonds. The molecule has 0 fully saturated rings. The van der Waals surface area contributed by atoms with Gasteiger partial charge in [0.25, 0.3) is 0 Å². The van der Waals surface area contributed by atoms with E-state index in [0.29, 0.717) is 16.6 Å². The summed E-state index contributed by atoms with van der Waals surface area (Å²) in [4.78, 5) is 2.05. The van der Waals surface area contributed by atoms with Crippen molar-refractivity contribution in [1.82, 2.24) is 0 Å². The summed E-state index contributed by atoms with van der Waals surface area (Å²) in [7, 11) is 4.02. The lowest BCUT2D eigenvalue weighted by Gasteiger charge is -2.14. The van der Waals surface area contributed by atoms with Crippen LogP contribution in [0.2, 0.25) is 10.0 Å². The standard InChI is InChI=1S/C15H16Cl2N2/c1-19(2)11-5-3-10(4-6-11)12-7-8-14(16)13(9-18)15(12)17/h3-8H,9,18H2,1-2H3. The van der Waals surface area contributed by atoms with E-state index in [-0.39, 0.29) is 0 Å². The third kappa shape index (κ3) is 2.86. The second-order valence-corrected chi connectivity index (χ2v) is 5.32. The molecule has 0 aliphatic rings. The third-order valence-corrected chi connectivity index (χ3v) is 3.87. The zero-order valence-electron chi connectivity index (χ0n) is 11.0. The van der Waals surface area contributed by atoms with Crippen LogP contribution in [0.5, 0.6) is 0 Å². The van der Waals surface area contributed by atoms with Crippen molar-refractivity contribution in [3.63, 3.8) is 0 Å². The van der Waals surface area contributed by atoms with Crippen molar-refractivity contribution in [3.8, 4) is 11.1 Å². The molecule has 0 radical (unpaired) electrons. The molecule has 0 aromatic heterocycles. The molecule has 4 heteroatoms. The maximum Gasteiger partial charge on any atom is 0.0544 e. The molecule has 100 valence electrons. The molecule has 2 rings (SSSR count). The molecule has 0 unspecified atom stereocenters. The number of benzene rings is 2. The van der Waals surface area contributed by atoms with Crippen LogP contribution in [-0.2, 0) is 6.54 Å². The summed E-state index contributed by atoms with van der Waals surface area (Å²) in [6, 6.07) is 12.0. The molecular formula is C15H16Cl2N2. The lowest BCUT2D eigenvalue weighted by atomic mass is 10.0. The summed E-state index contributed by atoms with van der Waals surface area (Å²) in [5, 5.41) is 1.24. The number of rotatable bonds is 3. The van der Waals surface area contributed by atoms with Crippen molar-refractivity contribution in [2.45, 2.75) is 6.54 Å². The Hall–Kier alpha value is -1.22. The highest BCUT2D eigenvalue weighted by Gasteiger charge is 2.11. The molecule has 0 atom stereocenters. The number of hydrogen-bond donors (Lipinski definition) is 1. The predicted octanol–water partition coefficient (Wildman–Crippen LogP) is 4.19. The average molecular weight is 295 g/mol. The Labute approximate surface area is 123 Å². The Morgan fingerprint density at radius 3 is 2.16 bits per heavy atom. The van der Waals surface area contributed by atoms with Crippen LogP contribution in [0.3, 0.4) is 0 Å². The van der Waals surface area contributed by atoms with Crippen LogP contribution in [0, 0.1) is 0 Å². The van der Waals surface area contributed by atoms with Crippen LogP contribution in [-0.4, -0.2) is 14.1 Å². The maximum absolute atomic E-state index is 6.38. The minimum Gasteiger partial charge on any atom is -0.378 e. The average Bonchev–Trinajstić information content (AvgIpc) is 2.39. The van der Waals surface area contributed by atoms with E-state index >= 15 is 0 Å². The van der Waals surface area contributed by atoms with Gasteiger partial charge in [-0.2, -0.15) is 0 Å². The summed E-state index contributed by atoms with van der Waals surface area (Å²) in [5.74, 6) is 0. The fourth-order valence-corrected chi connectivity index (χ4v) is 2.58. The van der Waals surface area contributed by atoms with Gasteiger partial charge in [0.05, 0.1) is 5.02 Å². The van der Waals surface area contributed by atoms with Crippen LogP contribution < -0.4 is 10.6 Å². The smallest absolute Gasteiger partial charge is 0.0544 e. The van der Waals surface area contributed by atoms with Gasteiger partial charge in [0.15, 0.2) is 0 Å². The van der Waals surface area contributed by atoms with E-state index in [1.54, 1.807) is 0 Å². The Balaban J connectivity index is 2.47. The SMILES string of the molecule is CN(C)c1ccc(-c2ccc(Cl)c(CN)c2Cl)cc1. The van der Waals surface area contributed by atoms with Gasteiger partial charge < -0.3 is 10.6 Å². The fourth-order valence-electron chi connectivity index (χ4n) is 1.95. The molecule has 0 aliphatic heterocycles. The molecule has 0 bridgehead atoms. The van der Waals surface area contributed by atoms with E-state index in [1.807, 2.05) is 38.4 Å². The van der Waals surface area contributed by atoms with E-state index in [1.165, 1.54) is 0 Å². The van der Waals surface area contributed by atoms with E-state index in [0.717, 1.165) is 22.4 Å². The lowest BCUT2D eigenvalue weighted by molar-refractivity contribution is 1.07. The monoisotopic (exact) mass is 294 g/mol. The van der Waals surface area contributed by atoms with E-state index in [4.69, 9.17) is 28.9 Å². The normalized spacial score (nSPS) is 10.6.